The maximum Gasteiger partial charge on any atom is 0.409 e. The molecule has 0 unspecified atom stereocenters. The molecule has 1 amide bonds. The van der Waals surface area contributed by atoms with E-state index in [1.54, 1.807) is 26.2 Å². The van der Waals surface area contributed by atoms with Crippen molar-refractivity contribution in [1.29, 1.82) is 0 Å². The van der Waals surface area contributed by atoms with E-state index in [0.29, 0.717) is 69.5 Å². The number of hydrogen-bond donors (Lipinski definition) is 1. The lowest BCUT2D eigenvalue weighted by Gasteiger charge is -2.41. The molecule has 206 valence electrons. The highest BCUT2D eigenvalue weighted by Gasteiger charge is 2.42. The lowest BCUT2D eigenvalue weighted by molar-refractivity contribution is -0.138. The Bertz CT molecular complexity index is 1020. The van der Waals surface area contributed by atoms with Crippen molar-refractivity contribution in [2.45, 2.75) is 62.4 Å². The van der Waals surface area contributed by atoms with Crippen LogP contribution in [0, 0.1) is 12.8 Å². The SMILES string of the molecule is Cc1ccc(S(=O)(=O)N2[C@@H](CCCCOC(=O)N3CCN(CC(=O)O)CC3)COC[C@H]2CC2CC2)cc1. The van der Waals surface area contributed by atoms with Crippen molar-refractivity contribution in [3.63, 3.8) is 0 Å². The summed E-state index contributed by atoms with van der Waals surface area (Å²) >= 11 is 0. The number of benzene rings is 1. The molecule has 0 radical (unpaired) electrons. The maximum absolute atomic E-state index is 13.7. The van der Waals surface area contributed by atoms with Crippen LogP contribution in [0.25, 0.3) is 0 Å². The van der Waals surface area contributed by atoms with Gasteiger partial charge in [0.05, 0.1) is 31.3 Å². The second kappa shape index (κ2) is 12.6. The molecule has 0 aromatic heterocycles. The highest BCUT2D eigenvalue weighted by molar-refractivity contribution is 7.89. The third-order valence-electron chi connectivity index (χ3n) is 7.39. The summed E-state index contributed by atoms with van der Waals surface area (Å²) in [5.41, 5.74) is 1.02. The highest BCUT2D eigenvalue weighted by Crippen LogP contribution is 2.38. The fourth-order valence-corrected chi connectivity index (χ4v) is 6.96. The molecule has 11 heteroatoms. The predicted octanol–water partition coefficient (Wildman–Crippen LogP) is 2.56. The molecule has 1 N–H and O–H groups in total. The Hall–Kier alpha value is -2.21. The smallest absolute Gasteiger partial charge is 0.409 e. The summed E-state index contributed by atoms with van der Waals surface area (Å²) in [6, 6.07) is 6.63. The van der Waals surface area contributed by atoms with Crippen LogP contribution in [0.4, 0.5) is 4.79 Å². The van der Waals surface area contributed by atoms with Gasteiger partial charge in [0.2, 0.25) is 10.0 Å². The zero-order valence-corrected chi connectivity index (χ0v) is 22.4. The van der Waals surface area contributed by atoms with E-state index in [-0.39, 0.29) is 31.3 Å². The molecule has 2 heterocycles. The van der Waals surface area contributed by atoms with Gasteiger partial charge in [-0.25, -0.2) is 13.2 Å². The average Bonchev–Trinajstić information content (AvgIpc) is 3.68. The maximum atomic E-state index is 13.7. The summed E-state index contributed by atoms with van der Waals surface area (Å²) in [4.78, 5) is 26.9. The summed E-state index contributed by atoms with van der Waals surface area (Å²) in [5, 5.41) is 8.89. The topological polar surface area (TPSA) is 117 Å². The lowest BCUT2D eigenvalue weighted by atomic mass is 10.0. The number of rotatable bonds is 11. The molecule has 1 saturated carbocycles. The average molecular weight is 538 g/mol. The van der Waals surface area contributed by atoms with Gasteiger partial charge in [0.15, 0.2) is 0 Å². The van der Waals surface area contributed by atoms with E-state index in [9.17, 15) is 18.0 Å². The third-order valence-corrected chi connectivity index (χ3v) is 9.40. The molecular weight excluding hydrogens is 498 g/mol. The molecule has 3 aliphatic rings. The Kier molecular flexibility index (Phi) is 9.44. The van der Waals surface area contributed by atoms with E-state index in [1.807, 2.05) is 19.1 Å². The molecule has 4 rings (SSSR count). The molecule has 1 aliphatic carbocycles. The highest BCUT2D eigenvalue weighted by atomic mass is 32.2. The summed E-state index contributed by atoms with van der Waals surface area (Å²) in [5.74, 6) is -0.294. The number of aryl methyl sites for hydroxylation is 1. The number of carbonyl (C=O) groups excluding carboxylic acids is 1. The molecule has 1 aromatic rings. The molecule has 2 saturated heterocycles. The first-order valence-corrected chi connectivity index (χ1v) is 14.7. The number of amides is 1. The standard InChI is InChI=1S/C26H39N3O7S/c1-20-5-9-24(10-6-20)37(33,34)29-22(18-35-19-23(29)16-21-7-8-21)4-2-3-15-36-26(32)28-13-11-27(12-14-28)17-25(30)31/h5-6,9-10,21-23H,2-4,7-8,11-19H2,1H3,(H,30,31)/t22-,23+/m0/s1. The van der Waals surface area contributed by atoms with Crippen molar-refractivity contribution in [2.24, 2.45) is 5.92 Å². The Morgan fingerprint density at radius 1 is 1.03 bits per heavy atom. The fourth-order valence-electron chi connectivity index (χ4n) is 5.14. The van der Waals surface area contributed by atoms with Gasteiger partial charge in [-0.3, -0.25) is 9.69 Å². The number of hydrogen-bond acceptors (Lipinski definition) is 7. The Balaban J connectivity index is 1.28. The van der Waals surface area contributed by atoms with E-state index in [2.05, 4.69) is 0 Å². The number of nitrogens with zero attached hydrogens (tertiary/aromatic N) is 3. The molecule has 3 fully saturated rings. The molecule has 2 aliphatic heterocycles. The first-order valence-electron chi connectivity index (χ1n) is 13.3. The summed E-state index contributed by atoms with van der Waals surface area (Å²) in [6.07, 6.45) is 4.73. The number of sulfonamides is 1. The van der Waals surface area contributed by atoms with Gasteiger partial charge in [-0.2, -0.15) is 4.31 Å². The van der Waals surface area contributed by atoms with Gasteiger partial charge in [0, 0.05) is 38.3 Å². The number of piperazine rings is 1. The Morgan fingerprint density at radius 3 is 2.35 bits per heavy atom. The van der Waals surface area contributed by atoms with Crippen LogP contribution in [0.15, 0.2) is 29.2 Å². The van der Waals surface area contributed by atoms with E-state index in [4.69, 9.17) is 14.6 Å². The molecule has 10 nitrogen and oxygen atoms in total. The van der Waals surface area contributed by atoms with Gasteiger partial charge < -0.3 is 19.5 Å². The molecule has 0 bridgehead atoms. The number of ether oxygens (including phenoxy) is 2. The zero-order chi connectivity index (χ0) is 26.4. The first kappa shape index (κ1) is 27.8. The minimum atomic E-state index is -3.66. The van der Waals surface area contributed by atoms with Crippen LogP contribution in [0.2, 0.25) is 0 Å². The number of unbranched alkanes of at least 4 members (excludes halogenated alkanes) is 1. The molecule has 2 atom stereocenters. The van der Waals surface area contributed by atoms with E-state index < -0.39 is 16.0 Å². The van der Waals surface area contributed by atoms with Crippen molar-refractivity contribution >= 4 is 22.1 Å². The van der Waals surface area contributed by atoms with Crippen LogP contribution in [-0.4, -0.2) is 104 Å². The quantitative estimate of drug-likeness (QED) is 0.428. The van der Waals surface area contributed by atoms with Crippen LogP contribution in [-0.2, 0) is 24.3 Å². The van der Waals surface area contributed by atoms with E-state index in [1.165, 1.54) is 0 Å². The van der Waals surface area contributed by atoms with Crippen LogP contribution in [0.3, 0.4) is 0 Å². The number of carbonyl (C=O) groups is 2. The van der Waals surface area contributed by atoms with Gasteiger partial charge >= 0.3 is 12.1 Å². The van der Waals surface area contributed by atoms with Crippen LogP contribution in [0.5, 0.6) is 0 Å². The Labute approximate surface area is 219 Å². The number of aliphatic carboxylic acids is 1. The van der Waals surface area contributed by atoms with Gasteiger partial charge in [-0.05, 0) is 50.7 Å². The second-order valence-electron chi connectivity index (χ2n) is 10.4. The second-order valence-corrected chi connectivity index (χ2v) is 12.3. The number of carboxylic acid groups (broad SMARTS) is 1. The minimum Gasteiger partial charge on any atom is -0.480 e. The summed E-state index contributed by atoms with van der Waals surface area (Å²) in [7, 11) is -3.66. The lowest BCUT2D eigenvalue weighted by Crippen LogP contribution is -2.54. The van der Waals surface area contributed by atoms with Crippen LogP contribution in [0.1, 0.15) is 44.1 Å². The van der Waals surface area contributed by atoms with Crippen LogP contribution < -0.4 is 0 Å². The summed E-state index contributed by atoms with van der Waals surface area (Å²) < 4.78 is 40.4. The molecule has 0 spiro atoms. The number of carboxylic acids is 1. The van der Waals surface area contributed by atoms with Gasteiger partial charge in [0.25, 0.3) is 0 Å². The monoisotopic (exact) mass is 537 g/mol. The van der Waals surface area contributed by atoms with Crippen molar-refractivity contribution in [3.05, 3.63) is 29.8 Å². The predicted molar refractivity (Wildman–Crippen MR) is 137 cm³/mol. The Morgan fingerprint density at radius 2 is 1.70 bits per heavy atom. The third kappa shape index (κ3) is 7.66. The first-order chi connectivity index (χ1) is 17.7. The van der Waals surface area contributed by atoms with Crippen molar-refractivity contribution in [2.75, 3.05) is 52.5 Å². The van der Waals surface area contributed by atoms with Gasteiger partial charge in [-0.1, -0.05) is 30.5 Å². The van der Waals surface area contributed by atoms with Crippen molar-refractivity contribution < 1.29 is 32.6 Å². The van der Waals surface area contributed by atoms with Crippen LogP contribution >= 0.6 is 0 Å². The normalized spacial score (nSPS) is 23.6. The van der Waals surface area contributed by atoms with E-state index >= 15 is 0 Å². The minimum absolute atomic E-state index is 0.0219. The molecule has 1 aromatic carbocycles. The number of morpholine rings is 1. The van der Waals surface area contributed by atoms with Gasteiger partial charge in [-0.15, -0.1) is 0 Å². The molecular formula is C26H39N3O7S. The molecule has 37 heavy (non-hydrogen) atoms. The summed E-state index contributed by atoms with van der Waals surface area (Å²) in [6.45, 7) is 4.88. The fraction of sp³-hybridized carbons (Fsp3) is 0.692. The largest absolute Gasteiger partial charge is 0.480 e. The van der Waals surface area contributed by atoms with Gasteiger partial charge in [0.1, 0.15) is 0 Å². The van der Waals surface area contributed by atoms with Crippen molar-refractivity contribution in [1.82, 2.24) is 14.1 Å². The van der Waals surface area contributed by atoms with Crippen molar-refractivity contribution in [3.8, 4) is 0 Å². The zero-order valence-electron chi connectivity index (χ0n) is 21.6. The van der Waals surface area contributed by atoms with E-state index in [0.717, 1.165) is 24.8 Å².